The van der Waals surface area contributed by atoms with Crippen LogP contribution in [-0.4, -0.2) is 70.0 Å². The Hall–Kier alpha value is -0.730. The van der Waals surface area contributed by atoms with E-state index in [1.54, 1.807) is 6.92 Å². The summed E-state index contributed by atoms with van der Waals surface area (Å²) in [6, 6.07) is 0. The number of hydrogen-bond acceptors (Lipinski definition) is 6. The topological polar surface area (TPSA) is 119 Å². The first-order valence-electron chi connectivity index (χ1n) is 12.5. The zero-order chi connectivity index (χ0) is 23.1. The first-order valence-corrected chi connectivity index (χ1v) is 12.5. The number of carbonyl (C=O) groups is 1. The summed E-state index contributed by atoms with van der Waals surface area (Å²) in [5.41, 5.74) is 0. The van der Waals surface area contributed by atoms with E-state index in [4.69, 9.17) is 4.74 Å². The molecule has 1 aliphatic heterocycles. The summed E-state index contributed by atoms with van der Waals surface area (Å²) < 4.78 is 5.60. The first-order chi connectivity index (χ1) is 14.9. The third-order valence-electron chi connectivity index (χ3n) is 6.39. The highest BCUT2D eigenvalue weighted by atomic mass is 16.5. The van der Waals surface area contributed by atoms with Gasteiger partial charge in [-0.25, -0.2) is 0 Å². The van der Waals surface area contributed by atoms with Crippen LogP contribution in [0.3, 0.4) is 0 Å². The minimum atomic E-state index is -1.38. The lowest BCUT2D eigenvalue weighted by Crippen LogP contribution is -2.60. The van der Waals surface area contributed by atoms with Crippen LogP contribution in [0.25, 0.3) is 0 Å². The van der Waals surface area contributed by atoms with E-state index >= 15 is 0 Å². The Morgan fingerprint density at radius 2 is 1.35 bits per heavy atom. The minimum Gasteiger partial charge on any atom is -0.396 e. The molecule has 1 heterocycles. The van der Waals surface area contributed by atoms with Crippen molar-refractivity contribution < 1.29 is 30.0 Å². The molecule has 0 aliphatic carbocycles. The van der Waals surface area contributed by atoms with Crippen molar-refractivity contribution in [3.63, 3.8) is 0 Å². The van der Waals surface area contributed by atoms with Crippen molar-refractivity contribution in [2.45, 2.75) is 128 Å². The van der Waals surface area contributed by atoms with Gasteiger partial charge in [0.05, 0.1) is 18.1 Å². The summed E-state index contributed by atoms with van der Waals surface area (Å²) in [5, 5.41) is 42.3. The molecule has 1 rings (SSSR count). The van der Waals surface area contributed by atoms with Crippen LogP contribution in [0.1, 0.15) is 97.3 Å². The Kier molecular flexibility index (Phi) is 15.4. The van der Waals surface area contributed by atoms with E-state index in [0.29, 0.717) is 6.54 Å². The van der Waals surface area contributed by atoms with Crippen molar-refractivity contribution >= 4 is 5.91 Å². The summed E-state index contributed by atoms with van der Waals surface area (Å²) in [7, 11) is 0. The van der Waals surface area contributed by atoms with Gasteiger partial charge in [-0.3, -0.25) is 4.79 Å². The van der Waals surface area contributed by atoms with Crippen molar-refractivity contribution in [2.75, 3.05) is 13.2 Å². The molecule has 31 heavy (non-hydrogen) atoms. The molecule has 7 heteroatoms. The number of nitrogens with one attached hydrogen (secondary N) is 1. The lowest BCUT2D eigenvalue weighted by molar-refractivity contribution is -0.229. The maximum absolute atomic E-state index is 12.6. The molecule has 0 aromatic carbocycles. The van der Waals surface area contributed by atoms with E-state index in [-0.39, 0.29) is 18.9 Å². The van der Waals surface area contributed by atoms with Gasteiger partial charge in [-0.05, 0) is 19.8 Å². The minimum absolute atomic E-state index is 0.127. The Balaban J connectivity index is 2.19. The van der Waals surface area contributed by atoms with Crippen LogP contribution in [0.5, 0.6) is 0 Å². The Bertz CT molecular complexity index is 463. The number of aliphatic hydroxyl groups is 4. The third kappa shape index (κ3) is 10.6. The summed E-state index contributed by atoms with van der Waals surface area (Å²) >= 11 is 0. The predicted octanol–water partition coefficient (Wildman–Crippen LogP) is 2.67. The molecule has 0 spiro atoms. The molecule has 0 aromatic heterocycles. The smallest absolute Gasteiger partial charge is 0.225 e. The fraction of sp³-hybridized carbons (Fsp3) is 0.958. The van der Waals surface area contributed by atoms with Crippen LogP contribution < -0.4 is 5.32 Å². The molecule has 1 amide bonds. The van der Waals surface area contributed by atoms with E-state index in [2.05, 4.69) is 12.2 Å². The van der Waals surface area contributed by atoms with Crippen molar-refractivity contribution in [1.82, 2.24) is 5.32 Å². The second-order valence-electron chi connectivity index (χ2n) is 9.08. The highest BCUT2D eigenvalue weighted by Crippen LogP contribution is 2.27. The lowest BCUT2D eigenvalue weighted by atomic mass is 9.86. The zero-order valence-electron chi connectivity index (χ0n) is 19.7. The van der Waals surface area contributed by atoms with Crippen molar-refractivity contribution in [3.8, 4) is 0 Å². The largest absolute Gasteiger partial charge is 0.396 e. The van der Waals surface area contributed by atoms with Crippen molar-refractivity contribution in [2.24, 2.45) is 5.92 Å². The normalized spacial score (nSPS) is 27.2. The quantitative estimate of drug-likeness (QED) is 0.220. The van der Waals surface area contributed by atoms with E-state index in [9.17, 15) is 25.2 Å². The van der Waals surface area contributed by atoms with Gasteiger partial charge in [0.15, 0.2) is 0 Å². The van der Waals surface area contributed by atoms with Gasteiger partial charge in [0.1, 0.15) is 18.3 Å². The van der Waals surface area contributed by atoms with Crippen molar-refractivity contribution in [1.29, 1.82) is 0 Å². The molecule has 1 saturated heterocycles. The molecule has 2 unspecified atom stereocenters. The molecule has 1 aliphatic rings. The first kappa shape index (κ1) is 28.3. The van der Waals surface area contributed by atoms with E-state index < -0.39 is 36.4 Å². The number of ether oxygens (including phenoxy) is 1. The highest BCUT2D eigenvalue weighted by Gasteiger charge is 2.46. The monoisotopic (exact) mass is 445 g/mol. The maximum Gasteiger partial charge on any atom is 0.225 e. The number of amides is 1. The molecule has 5 N–H and O–H groups in total. The van der Waals surface area contributed by atoms with Crippen LogP contribution in [-0.2, 0) is 9.53 Å². The van der Waals surface area contributed by atoms with Gasteiger partial charge < -0.3 is 30.5 Å². The summed E-state index contributed by atoms with van der Waals surface area (Å²) in [6.45, 7) is 4.15. The van der Waals surface area contributed by atoms with Crippen LogP contribution >= 0.6 is 0 Å². The van der Waals surface area contributed by atoms with Gasteiger partial charge in [-0.2, -0.15) is 0 Å². The van der Waals surface area contributed by atoms with E-state index in [1.165, 1.54) is 57.8 Å². The van der Waals surface area contributed by atoms with Gasteiger partial charge in [0.25, 0.3) is 0 Å². The average Bonchev–Trinajstić information content (AvgIpc) is 2.76. The Labute approximate surface area is 188 Å². The molecule has 7 nitrogen and oxygen atoms in total. The number of unbranched alkanes of at least 4 members (excludes halogenated alkanes) is 11. The molecule has 6 atom stereocenters. The van der Waals surface area contributed by atoms with E-state index in [0.717, 1.165) is 19.3 Å². The number of rotatable bonds is 17. The number of carbonyl (C=O) groups excluding carboxylic acids is 1. The zero-order valence-corrected chi connectivity index (χ0v) is 19.7. The molecule has 0 radical (unpaired) electrons. The second-order valence-corrected chi connectivity index (χ2v) is 9.08. The van der Waals surface area contributed by atoms with Crippen LogP contribution in [0.2, 0.25) is 0 Å². The molecule has 0 bridgehead atoms. The van der Waals surface area contributed by atoms with Gasteiger partial charge in [-0.1, -0.05) is 77.6 Å². The van der Waals surface area contributed by atoms with Gasteiger partial charge >= 0.3 is 0 Å². The maximum atomic E-state index is 12.6. The van der Waals surface area contributed by atoms with E-state index in [1.807, 2.05) is 0 Å². The fourth-order valence-electron chi connectivity index (χ4n) is 4.31. The standard InChI is InChI=1S/C24H47NO6/c1-3-4-5-6-7-8-9-10-11-12-13-14-16-25-24(30)19(15-17-26)23-22(29)21(28)20(27)18(2)31-23/h18-23,26-29H,3-17H2,1-2H3,(H,25,30)/t18-,19?,20-,21+,22+,23?/m0/s1. The average molecular weight is 446 g/mol. The molecule has 0 saturated carbocycles. The molecular formula is C24H47NO6. The fourth-order valence-corrected chi connectivity index (χ4v) is 4.31. The third-order valence-corrected chi connectivity index (χ3v) is 6.39. The van der Waals surface area contributed by atoms with Gasteiger partial charge in [0, 0.05) is 13.2 Å². The second kappa shape index (κ2) is 16.8. The van der Waals surface area contributed by atoms with Crippen molar-refractivity contribution in [3.05, 3.63) is 0 Å². The Morgan fingerprint density at radius 1 is 0.839 bits per heavy atom. The lowest BCUT2D eigenvalue weighted by Gasteiger charge is -2.42. The summed E-state index contributed by atoms with van der Waals surface area (Å²) in [6.07, 6.45) is 9.54. The number of hydrogen-bond donors (Lipinski definition) is 5. The SMILES string of the molecule is CCCCCCCCCCCCCCNC(=O)C(CCO)C1O[C@@H](C)[C@H](O)[C@@H](O)[C@H]1O. The molecular weight excluding hydrogens is 398 g/mol. The number of aliphatic hydroxyl groups excluding tert-OH is 4. The Morgan fingerprint density at radius 3 is 1.87 bits per heavy atom. The molecule has 1 fully saturated rings. The van der Waals surface area contributed by atoms with Crippen LogP contribution in [0.4, 0.5) is 0 Å². The van der Waals surface area contributed by atoms with Crippen LogP contribution in [0, 0.1) is 5.92 Å². The highest BCUT2D eigenvalue weighted by molar-refractivity contribution is 5.79. The van der Waals surface area contributed by atoms with Gasteiger partial charge in [-0.15, -0.1) is 0 Å². The summed E-state index contributed by atoms with van der Waals surface area (Å²) in [4.78, 5) is 12.6. The molecule has 0 aromatic rings. The molecule has 184 valence electrons. The predicted molar refractivity (Wildman–Crippen MR) is 122 cm³/mol. The van der Waals surface area contributed by atoms with Gasteiger partial charge in [0.2, 0.25) is 5.91 Å². The summed E-state index contributed by atoms with van der Waals surface area (Å²) in [5.74, 6) is -1.07. The van der Waals surface area contributed by atoms with Crippen LogP contribution in [0.15, 0.2) is 0 Å².